The van der Waals surface area contributed by atoms with Crippen molar-refractivity contribution in [1.29, 1.82) is 0 Å². The number of halogens is 1. The van der Waals surface area contributed by atoms with Crippen LogP contribution in [0.25, 0.3) is 11.3 Å². The quantitative estimate of drug-likeness (QED) is 0.515. The van der Waals surface area contributed by atoms with E-state index in [0.29, 0.717) is 18.0 Å². The molecule has 0 radical (unpaired) electrons. The molecule has 0 spiro atoms. The molecule has 2 aromatic carbocycles. The predicted octanol–water partition coefficient (Wildman–Crippen LogP) is 3.77. The Morgan fingerprint density at radius 3 is 2.74 bits per heavy atom. The third-order valence-electron chi connectivity index (χ3n) is 3.85. The first-order valence-electron chi connectivity index (χ1n) is 8.46. The van der Waals surface area contributed by atoms with E-state index in [4.69, 9.17) is 4.74 Å². The number of hydrazone groups is 1. The second-order valence-electron chi connectivity index (χ2n) is 5.77. The molecule has 0 atom stereocenters. The number of hydrogen-bond acceptors (Lipinski definition) is 4. The molecule has 27 heavy (non-hydrogen) atoms. The first-order valence-corrected chi connectivity index (χ1v) is 8.46. The summed E-state index contributed by atoms with van der Waals surface area (Å²) in [5.41, 5.74) is 5.49. The molecule has 3 rings (SSSR count). The van der Waals surface area contributed by atoms with Crippen LogP contribution in [0.3, 0.4) is 0 Å². The summed E-state index contributed by atoms with van der Waals surface area (Å²) in [5.74, 6) is -0.00585. The fourth-order valence-electron chi connectivity index (χ4n) is 2.45. The zero-order valence-corrected chi connectivity index (χ0v) is 15.0. The van der Waals surface area contributed by atoms with Crippen molar-refractivity contribution >= 4 is 11.6 Å². The van der Waals surface area contributed by atoms with Crippen LogP contribution in [0.1, 0.15) is 29.9 Å². The Morgan fingerprint density at radius 2 is 2.00 bits per heavy atom. The van der Waals surface area contributed by atoms with E-state index in [1.54, 1.807) is 25.1 Å². The Balaban J connectivity index is 1.70. The number of nitrogens with zero attached hydrogens (tertiary/aromatic N) is 2. The van der Waals surface area contributed by atoms with Gasteiger partial charge in [-0.3, -0.25) is 9.89 Å². The smallest absolute Gasteiger partial charge is 0.289 e. The minimum absolute atomic E-state index is 0.280. The minimum atomic E-state index is -0.420. The van der Waals surface area contributed by atoms with Crippen molar-refractivity contribution in [1.82, 2.24) is 15.6 Å². The van der Waals surface area contributed by atoms with Gasteiger partial charge < -0.3 is 4.74 Å². The third-order valence-corrected chi connectivity index (χ3v) is 3.85. The van der Waals surface area contributed by atoms with Gasteiger partial charge in [-0.1, -0.05) is 24.3 Å². The lowest BCUT2D eigenvalue weighted by Gasteiger charge is -2.03. The summed E-state index contributed by atoms with van der Waals surface area (Å²) in [6.45, 7) is 4.21. The van der Waals surface area contributed by atoms with Gasteiger partial charge in [0.1, 0.15) is 17.3 Å². The Morgan fingerprint density at radius 1 is 1.22 bits per heavy atom. The molecule has 1 heterocycles. The summed E-state index contributed by atoms with van der Waals surface area (Å²) in [4.78, 5) is 12.3. The molecule has 0 aliphatic rings. The average molecular weight is 366 g/mol. The van der Waals surface area contributed by atoms with Gasteiger partial charge in [0.2, 0.25) is 0 Å². The minimum Gasteiger partial charge on any atom is -0.494 e. The number of aromatic amines is 1. The fraction of sp³-hybridized carbons (Fsp3) is 0.150. The van der Waals surface area contributed by atoms with Crippen LogP contribution in [0.2, 0.25) is 0 Å². The number of amides is 1. The highest BCUT2D eigenvalue weighted by Gasteiger charge is 2.11. The highest BCUT2D eigenvalue weighted by atomic mass is 19.1. The maximum absolute atomic E-state index is 13.0. The molecule has 1 amide bonds. The lowest BCUT2D eigenvalue weighted by atomic mass is 10.1. The lowest BCUT2D eigenvalue weighted by Crippen LogP contribution is -2.19. The number of carbonyl (C=O) groups excluding carboxylic acids is 1. The predicted molar refractivity (Wildman–Crippen MR) is 101 cm³/mol. The van der Waals surface area contributed by atoms with Gasteiger partial charge in [0.25, 0.3) is 5.91 Å². The monoisotopic (exact) mass is 366 g/mol. The number of H-pyrrole nitrogens is 1. The van der Waals surface area contributed by atoms with Gasteiger partial charge in [-0.05, 0) is 49.7 Å². The first kappa shape index (κ1) is 18.3. The van der Waals surface area contributed by atoms with Crippen molar-refractivity contribution in [2.45, 2.75) is 13.8 Å². The molecule has 0 saturated heterocycles. The molecule has 1 aromatic heterocycles. The van der Waals surface area contributed by atoms with E-state index >= 15 is 0 Å². The molecule has 0 bridgehead atoms. The number of nitrogens with one attached hydrogen (secondary N) is 2. The third kappa shape index (κ3) is 4.58. The van der Waals surface area contributed by atoms with E-state index < -0.39 is 5.91 Å². The van der Waals surface area contributed by atoms with Gasteiger partial charge in [-0.2, -0.15) is 10.2 Å². The zero-order valence-electron chi connectivity index (χ0n) is 15.0. The molecule has 0 aliphatic heterocycles. The topological polar surface area (TPSA) is 79.4 Å². The summed E-state index contributed by atoms with van der Waals surface area (Å²) < 4.78 is 18.4. The Kier molecular flexibility index (Phi) is 5.61. The number of hydrogen-bond donors (Lipinski definition) is 2. The van der Waals surface area contributed by atoms with E-state index in [1.807, 2.05) is 31.2 Å². The van der Waals surface area contributed by atoms with Crippen LogP contribution >= 0.6 is 0 Å². The maximum Gasteiger partial charge on any atom is 0.289 e. The van der Waals surface area contributed by atoms with Gasteiger partial charge in [-0.15, -0.1) is 0 Å². The normalized spacial score (nSPS) is 11.3. The van der Waals surface area contributed by atoms with Crippen molar-refractivity contribution in [3.63, 3.8) is 0 Å². The standard InChI is InChI=1S/C20H19FN4O2/c1-3-27-17-6-4-5-15(11-17)18-12-19(24-23-18)20(26)25-22-13(2)14-7-9-16(21)10-8-14/h4-12H,3H2,1-2H3,(H,23,24)(H,25,26)/b22-13+. The Bertz CT molecular complexity index is 964. The molecule has 0 saturated carbocycles. The Hall–Kier alpha value is -3.48. The second-order valence-corrected chi connectivity index (χ2v) is 5.77. The summed E-state index contributed by atoms with van der Waals surface area (Å²) in [6, 6.07) is 15.0. The first-order chi connectivity index (χ1) is 13.1. The summed E-state index contributed by atoms with van der Waals surface area (Å²) in [7, 11) is 0. The van der Waals surface area contributed by atoms with Crippen molar-refractivity contribution in [2.75, 3.05) is 6.61 Å². The van der Waals surface area contributed by atoms with Crippen molar-refractivity contribution < 1.29 is 13.9 Å². The molecule has 138 valence electrons. The summed E-state index contributed by atoms with van der Waals surface area (Å²) >= 11 is 0. The van der Waals surface area contributed by atoms with Gasteiger partial charge in [0.05, 0.1) is 18.0 Å². The van der Waals surface area contributed by atoms with Crippen LogP contribution in [-0.2, 0) is 0 Å². The maximum atomic E-state index is 13.0. The average Bonchev–Trinajstić information content (AvgIpc) is 3.17. The number of ether oxygens (including phenoxy) is 1. The molecule has 0 unspecified atom stereocenters. The van der Waals surface area contributed by atoms with E-state index in [9.17, 15) is 9.18 Å². The van der Waals surface area contributed by atoms with Gasteiger partial charge >= 0.3 is 0 Å². The van der Waals surface area contributed by atoms with E-state index in [0.717, 1.165) is 16.9 Å². The molecule has 2 N–H and O–H groups in total. The van der Waals surface area contributed by atoms with Crippen molar-refractivity contribution in [3.8, 4) is 17.0 Å². The van der Waals surface area contributed by atoms with Gasteiger partial charge in [0, 0.05) is 5.56 Å². The SMILES string of the molecule is CCOc1cccc(-c2cc(C(=O)N/N=C(\C)c3ccc(F)cc3)[nH]n2)c1. The fourth-order valence-corrected chi connectivity index (χ4v) is 2.45. The highest BCUT2D eigenvalue weighted by Crippen LogP contribution is 2.22. The Labute approximate surface area is 156 Å². The van der Waals surface area contributed by atoms with Crippen LogP contribution in [0.4, 0.5) is 4.39 Å². The molecular formula is C20H19FN4O2. The number of benzene rings is 2. The largest absolute Gasteiger partial charge is 0.494 e. The molecule has 6 nitrogen and oxygen atoms in total. The van der Waals surface area contributed by atoms with Gasteiger partial charge in [0.15, 0.2) is 0 Å². The van der Waals surface area contributed by atoms with Crippen molar-refractivity contribution in [3.05, 3.63) is 71.7 Å². The highest BCUT2D eigenvalue weighted by molar-refractivity contribution is 6.00. The van der Waals surface area contributed by atoms with Crippen LogP contribution in [-0.4, -0.2) is 28.4 Å². The van der Waals surface area contributed by atoms with Crippen molar-refractivity contribution in [2.24, 2.45) is 5.10 Å². The molecule has 0 aliphatic carbocycles. The molecular weight excluding hydrogens is 347 g/mol. The molecule has 3 aromatic rings. The molecule has 0 fully saturated rings. The number of aromatic nitrogens is 2. The zero-order chi connectivity index (χ0) is 19.2. The van der Waals surface area contributed by atoms with Gasteiger partial charge in [-0.25, -0.2) is 9.82 Å². The van der Waals surface area contributed by atoms with E-state index in [1.165, 1.54) is 12.1 Å². The summed E-state index contributed by atoms with van der Waals surface area (Å²) in [6.07, 6.45) is 0. The van der Waals surface area contributed by atoms with Crippen LogP contribution < -0.4 is 10.2 Å². The van der Waals surface area contributed by atoms with Crippen LogP contribution in [0.15, 0.2) is 59.7 Å². The summed E-state index contributed by atoms with van der Waals surface area (Å²) in [5, 5.41) is 10.9. The van der Waals surface area contributed by atoms with Crippen LogP contribution in [0, 0.1) is 5.82 Å². The van der Waals surface area contributed by atoms with E-state index in [2.05, 4.69) is 20.7 Å². The lowest BCUT2D eigenvalue weighted by molar-refractivity contribution is 0.0950. The van der Waals surface area contributed by atoms with Crippen LogP contribution in [0.5, 0.6) is 5.75 Å². The number of rotatable bonds is 6. The van der Waals surface area contributed by atoms with E-state index in [-0.39, 0.29) is 11.5 Å². The number of carbonyl (C=O) groups is 1. The second kappa shape index (κ2) is 8.27. The molecule has 7 heteroatoms.